The number of methoxy groups -OCH3 is 3. The van der Waals surface area contributed by atoms with Crippen LogP contribution in [0.25, 0.3) is 0 Å². The Kier molecular flexibility index (Phi) is 6.66. The van der Waals surface area contributed by atoms with Crippen LogP contribution in [0.4, 0.5) is 22.0 Å². The van der Waals surface area contributed by atoms with Gasteiger partial charge in [-0.3, -0.25) is 4.79 Å². The molecule has 0 bridgehead atoms. The Balaban J connectivity index is 2.18. The van der Waals surface area contributed by atoms with Gasteiger partial charge >= 0.3 is 5.97 Å². The van der Waals surface area contributed by atoms with Gasteiger partial charge in [0.25, 0.3) is 0 Å². The molecule has 0 atom stereocenters. The number of carbonyl (C=O) groups is 1. The maximum Gasteiger partial charge on any atom is 0.311 e. The minimum atomic E-state index is -2.34. The lowest BCUT2D eigenvalue weighted by atomic mass is 10.1. The van der Waals surface area contributed by atoms with Crippen molar-refractivity contribution in [3.63, 3.8) is 0 Å². The van der Waals surface area contributed by atoms with E-state index in [9.17, 15) is 26.7 Å². The molecular weight excluding hydrogens is 391 g/mol. The lowest BCUT2D eigenvalue weighted by molar-refractivity contribution is -0.134. The van der Waals surface area contributed by atoms with Crippen LogP contribution in [0.5, 0.6) is 23.0 Å². The van der Waals surface area contributed by atoms with Crippen molar-refractivity contribution in [1.29, 1.82) is 0 Å². The number of aryl methyl sites for hydroxylation is 1. The minimum Gasteiger partial charge on any atom is -0.493 e. The summed E-state index contributed by atoms with van der Waals surface area (Å²) >= 11 is 0. The van der Waals surface area contributed by atoms with Crippen LogP contribution in [0.1, 0.15) is 12.0 Å². The fourth-order valence-corrected chi connectivity index (χ4v) is 2.37. The molecule has 2 rings (SSSR count). The monoisotopic (exact) mass is 406 g/mol. The van der Waals surface area contributed by atoms with E-state index in [4.69, 9.17) is 14.2 Å². The van der Waals surface area contributed by atoms with Gasteiger partial charge in [-0.05, 0) is 24.1 Å². The van der Waals surface area contributed by atoms with Crippen LogP contribution in [0.3, 0.4) is 0 Å². The second kappa shape index (κ2) is 8.77. The van der Waals surface area contributed by atoms with Crippen LogP contribution in [-0.4, -0.2) is 27.3 Å². The molecule has 0 heterocycles. The molecule has 0 saturated heterocycles. The molecule has 0 spiro atoms. The molecule has 5 nitrogen and oxygen atoms in total. The smallest absolute Gasteiger partial charge is 0.311 e. The first-order valence-corrected chi connectivity index (χ1v) is 7.76. The van der Waals surface area contributed by atoms with E-state index in [0.29, 0.717) is 22.8 Å². The van der Waals surface area contributed by atoms with E-state index in [0.717, 1.165) is 0 Å². The van der Waals surface area contributed by atoms with E-state index < -0.39 is 47.2 Å². The maximum absolute atomic E-state index is 13.6. The Morgan fingerprint density at radius 2 is 1.21 bits per heavy atom. The molecule has 0 aliphatic rings. The quantitative estimate of drug-likeness (QED) is 0.229. The van der Waals surface area contributed by atoms with E-state index in [1.54, 1.807) is 0 Å². The van der Waals surface area contributed by atoms with Gasteiger partial charge in [0.1, 0.15) is 0 Å². The van der Waals surface area contributed by atoms with Gasteiger partial charge in [0.05, 0.1) is 21.3 Å². The summed E-state index contributed by atoms with van der Waals surface area (Å²) in [6, 6.07) is 3.07. The Morgan fingerprint density at radius 1 is 0.750 bits per heavy atom. The van der Waals surface area contributed by atoms with Crippen LogP contribution in [0.2, 0.25) is 0 Å². The Morgan fingerprint density at radius 3 is 1.64 bits per heavy atom. The molecule has 10 heteroatoms. The molecule has 0 N–H and O–H groups in total. The summed E-state index contributed by atoms with van der Waals surface area (Å²) in [5, 5.41) is 0. The molecule has 0 radical (unpaired) electrons. The van der Waals surface area contributed by atoms with Crippen molar-refractivity contribution in [3.8, 4) is 23.0 Å². The molecule has 0 saturated carbocycles. The highest BCUT2D eigenvalue weighted by Gasteiger charge is 2.28. The summed E-state index contributed by atoms with van der Waals surface area (Å²) in [5.74, 6) is -13.1. The van der Waals surface area contributed by atoms with Crippen LogP contribution >= 0.6 is 0 Å². The third-order valence-electron chi connectivity index (χ3n) is 3.73. The van der Waals surface area contributed by atoms with Crippen LogP contribution in [0, 0.1) is 29.1 Å². The SMILES string of the molecule is COc1cc(CCC(=O)Oc2c(F)c(F)c(F)c(F)c2F)cc(OC)c1OC. The molecule has 0 aliphatic heterocycles. The molecule has 0 fully saturated rings. The lowest BCUT2D eigenvalue weighted by Crippen LogP contribution is -2.14. The lowest BCUT2D eigenvalue weighted by Gasteiger charge is -2.14. The summed E-state index contributed by atoms with van der Waals surface area (Å²) in [5.41, 5.74) is 0.517. The Labute approximate surface area is 156 Å². The van der Waals surface area contributed by atoms with Crippen molar-refractivity contribution in [2.45, 2.75) is 12.8 Å². The average molecular weight is 406 g/mol. The van der Waals surface area contributed by atoms with Crippen molar-refractivity contribution in [2.24, 2.45) is 0 Å². The third kappa shape index (κ3) is 4.10. The van der Waals surface area contributed by atoms with Gasteiger partial charge < -0.3 is 18.9 Å². The maximum atomic E-state index is 13.6. The van der Waals surface area contributed by atoms with E-state index in [2.05, 4.69) is 4.74 Å². The second-order valence-corrected chi connectivity index (χ2v) is 5.41. The minimum absolute atomic E-state index is 0.00491. The molecule has 0 amide bonds. The summed E-state index contributed by atoms with van der Waals surface area (Å²) < 4.78 is 86.2. The number of carbonyl (C=O) groups excluding carboxylic acids is 1. The van der Waals surface area contributed by atoms with Crippen molar-refractivity contribution >= 4 is 5.97 Å². The highest BCUT2D eigenvalue weighted by Crippen LogP contribution is 2.38. The van der Waals surface area contributed by atoms with E-state index in [1.807, 2.05) is 0 Å². The molecule has 0 unspecified atom stereocenters. The largest absolute Gasteiger partial charge is 0.493 e. The van der Waals surface area contributed by atoms with E-state index in [-0.39, 0.29) is 6.42 Å². The second-order valence-electron chi connectivity index (χ2n) is 5.41. The van der Waals surface area contributed by atoms with Gasteiger partial charge in [0.15, 0.2) is 11.5 Å². The number of halogens is 5. The Bertz CT molecular complexity index is 846. The van der Waals surface area contributed by atoms with Crippen molar-refractivity contribution in [1.82, 2.24) is 0 Å². The van der Waals surface area contributed by atoms with Crippen molar-refractivity contribution in [2.75, 3.05) is 21.3 Å². The molecule has 152 valence electrons. The molecule has 2 aromatic carbocycles. The van der Waals surface area contributed by atoms with E-state index >= 15 is 0 Å². The van der Waals surface area contributed by atoms with Gasteiger partial charge in [-0.2, -0.15) is 8.78 Å². The summed E-state index contributed by atoms with van der Waals surface area (Å²) in [7, 11) is 4.18. The van der Waals surface area contributed by atoms with Crippen LogP contribution in [0.15, 0.2) is 12.1 Å². The summed E-state index contributed by atoms with van der Waals surface area (Å²) in [6.07, 6.45) is -0.414. The number of hydrogen-bond donors (Lipinski definition) is 0. The van der Waals surface area contributed by atoms with Gasteiger partial charge in [-0.25, -0.2) is 13.2 Å². The highest BCUT2D eigenvalue weighted by molar-refractivity contribution is 5.73. The zero-order chi connectivity index (χ0) is 21.0. The third-order valence-corrected chi connectivity index (χ3v) is 3.73. The van der Waals surface area contributed by atoms with Crippen LogP contribution < -0.4 is 18.9 Å². The van der Waals surface area contributed by atoms with Gasteiger partial charge in [-0.15, -0.1) is 0 Å². The predicted molar refractivity (Wildman–Crippen MR) is 86.3 cm³/mol. The normalized spacial score (nSPS) is 10.6. The van der Waals surface area contributed by atoms with Gasteiger partial charge in [0.2, 0.25) is 40.6 Å². The van der Waals surface area contributed by atoms with Crippen molar-refractivity contribution in [3.05, 3.63) is 46.8 Å². The Hall–Kier alpha value is -3.04. The topological polar surface area (TPSA) is 54.0 Å². The van der Waals surface area contributed by atoms with Crippen molar-refractivity contribution < 1.29 is 45.7 Å². The fraction of sp³-hybridized carbons (Fsp3) is 0.278. The first-order chi connectivity index (χ1) is 13.2. The molecule has 28 heavy (non-hydrogen) atoms. The van der Waals surface area contributed by atoms with Gasteiger partial charge in [-0.1, -0.05) is 0 Å². The zero-order valence-corrected chi connectivity index (χ0v) is 15.0. The predicted octanol–water partition coefficient (Wildman–Crippen LogP) is 3.95. The summed E-state index contributed by atoms with van der Waals surface area (Å²) in [4.78, 5) is 11.8. The zero-order valence-electron chi connectivity index (χ0n) is 15.0. The molecule has 2 aromatic rings. The first-order valence-electron chi connectivity index (χ1n) is 7.76. The number of hydrogen-bond acceptors (Lipinski definition) is 5. The fourth-order valence-electron chi connectivity index (χ4n) is 2.37. The summed E-state index contributed by atoms with van der Waals surface area (Å²) in [6.45, 7) is 0. The number of ether oxygens (including phenoxy) is 4. The highest BCUT2D eigenvalue weighted by atomic mass is 19.2. The number of rotatable bonds is 7. The van der Waals surface area contributed by atoms with E-state index in [1.165, 1.54) is 33.5 Å². The first kappa shape index (κ1) is 21.3. The molecular formula is C18H15F5O5. The number of esters is 1. The van der Waals surface area contributed by atoms with Gasteiger partial charge in [0, 0.05) is 6.42 Å². The average Bonchev–Trinajstić information content (AvgIpc) is 2.71. The standard InChI is InChI=1S/C18H15F5O5/c1-25-9-6-8(7-10(26-2)17(9)27-3)4-5-11(24)28-18-15(22)13(20)12(19)14(21)16(18)23/h6-7H,4-5H2,1-3H3. The molecule has 0 aromatic heterocycles. The molecule has 0 aliphatic carbocycles. The number of benzene rings is 2. The van der Waals surface area contributed by atoms with Crippen LogP contribution in [-0.2, 0) is 11.2 Å².